The summed E-state index contributed by atoms with van der Waals surface area (Å²) in [6.07, 6.45) is 1.73. The maximum Gasteiger partial charge on any atom is 0.322 e. The van der Waals surface area contributed by atoms with Crippen LogP contribution in [0.4, 0.5) is 0 Å². The predicted octanol–water partition coefficient (Wildman–Crippen LogP) is 1.25. The average Bonchev–Trinajstić information content (AvgIpc) is 2.87. The third-order valence-corrected chi connectivity index (χ3v) is 3.32. The van der Waals surface area contributed by atoms with E-state index in [0.29, 0.717) is 11.5 Å². The van der Waals surface area contributed by atoms with Gasteiger partial charge in [0.25, 0.3) is 0 Å². The summed E-state index contributed by atoms with van der Waals surface area (Å²) in [7, 11) is 1.41. The quantitative estimate of drug-likeness (QED) is 0.813. The fraction of sp³-hybridized carbons (Fsp3) is 0.429. The maximum absolute atomic E-state index is 11.4. The largest absolute Gasteiger partial charge is 0.468 e. The zero-order chi connectivity index (χ0) is 13.0. The second kappa shape index (κ2) is 5.65. The van der Waals surface area contributed by atoms with Gasteiger partial charge in [0.15, 0.2) is 0 Å². The molecule has 0 saturated carbocycles. The van der Waals surface area contributed by atoms with Gasteiger partial charge in [-0.15, -0.1) is 0 Å². The summed E-state index contributed by atoms with van der Waals surface area (Å²) < 4.78 is 4.73. The number of nitrogens with zero attached hydrogens (tertiary/aromatic N) is 1. The van der Waals surface area contributed by atoms with Crippen LogP contribution < -0.4 is 5.32 Å². The van der Waals surface area contributed by atoms with Gasteiger partial charge in [-0.3, -0.25) is 4.79 Å². The van der Waals surface area contributed by atoms with E-state index in [-0.39, 0.29) is 12.0 Å². The van der Waals surface area contributed by atoms with Crippen molar-refractivity contribution >= 4 is 5.97 Å². The number of benzene rings is 1. The van der Waals surface area contributed by atoms with Crippen LogP contribution >= 0.6 is 0 Å². The highest BCUT2D eigenvalue weighted by Gasteiger charge is 2.29. The van der Waals surface area contributed by atoms with Gasteiger partial charge in [0.05, 0.1) is 18.7 Å². The van der Waals surface area contributed by atoms with Gasteiger partial charge >= 0.3 is 5.97 Å². The van der Waals surface area contributed by atoms with Crippen LogP contribution in [0.3, 0.4) is 0 Å². The Morgan fingerprint density at radius 1 is 1.50 bits per heavy atom. The van der Waals surface area contributed by atoms with Crippen molar-refractivity contribution in [2.45, 2.75) is 18.9 Å². The number of methoxy groups -OCH3 is 1. The standard InChI is InChI=1S/C14H16N2O2/c1-18-14(17)13-7-12(9-16-13)6-10-2-4-11(8-15)5-3-10/h2-5,12-13,16H,6-7,9H2,1H3. The minimum atomic E-state index is -0.183. The average molecular weight is 244 g/mol. The molecule has 4 heteroatoms. The van der Waals surface area contributed by atoms with Crippen molar-refractivity contribution in [3.05, 3.63) is 35.4 Å². The van der Waals surface area contributed by atoms with Gasteiger partial charge in [-0.1, -0.05) is 12.1 Å². The number of hydrogen-bond donors (Lipinski definition) is 1. The highest BCUT2D eigenvalue weighted by atomic mass is 16.5. The summed E-state index contributed by atoms with van der Waals surface area (Å²) in [4.78, 5) is 11.4. The van der Waals surface area contributed by atoms with Crippen molar-refractivity contribution in [1.29, 1.82) is 5.26 Å². The van der Waals surface area contributed by atoms with E-state index in [1.54, 1.807) is 0 Å². The van der Waals surface area contributed by atoms with E-state index < -0.39 is 0 Å². The molecule has 1 saturated heterocycles. The Labute approximate surface area is 107 Å². The van der Waals surface area contributed by atoms with E-state index >= 15 is 0 Å². The number of nitrogens with one attached hydrogen (secondary N) is 1. The van der Waals surface area contributed by atoms with Gasteiger partial charge in [-0.2, -0.15) is 5.26 Å². The number of rotatable bonds is 3. The van der Waals surface area contributed by atoms with E-state index in [9.17, 15) is 4.79 Å². The first-order valence-corrected chi connectivity index (χ1v) is 6.03. The third-order valence-electron chi connectivity index (χ3n) is 3.32. The van der Waals surface area contributed by atoms with Crippen molar-refractivity contribution in [3.8, 4) is 6.07 Å². The summed E-state index contributed by atoms with van der Waals surface area (Å²) >= 11 is 0. The highest BCUT2D eigenvalue weighted by molar-refractivity contribution is 5.76. The van der Waals surface area contributed by atoms with Crippen LogP contribution in [-0.2, 0) is 16.0 Å². The first kappa shape index (κ1) is 12.6. The molecule has 0 radical (unpaired) electrons. The molecule has 18 heavy (non-hydrogen) atoms. The van der Waals surface area contributed by atoms with Crippen LogP contribution in [0.15, 0.2) is 24.3 Å². The predicted molar refractivity (Wildman–Crippen MR) is 66.8 cm³/mol. The molecule has 1 aromatic rings. The number of hydrogen-bond acceptors (Lipinski definition) is 4. The zero-order valence-electron chi connectivity index (χ0n) is 10.3. The molecule has 2 unspecified atom stereocenters. The molecule has 2 atom stereocenters. The van der Waals surface area contributed by atoms with Crippen LogP contribution in [0.2, 0.25) is 0 Å². The Bertz CT molecular complexity index is 462. The smallest absolute Gasteiger partial charge is 0.322 e. The number of carbonyl (C=O) groups excluding carboxylic acids is 1. The molecule has 0 aromatic heterocycles. The normalized spacial score (nSPS) is 22.4. The Morgan fingerprint density at radius 2 is 2.22 bits per heavy atom. The molecule has 1 aliphatic heterocycles. The van der Waals surface area contributed by atoms with Crippen LogP contribution in [0.5, 0.6) is 0 Å². The summed E-state index contributed by atoms with van der Waals surface area (Å²) in [6, 6.07) is 9.55. The second-order valence-corrected chi connectivity index (χ2v) is 4.60. The SMILES string of the molecule is COC(=O)C1CC(Cc2ccc(C#N)cc2)CN1. The molecule has 0 spiro atoms. The van der Waals surface area contributed by atoms with E-state index in [4.69, 9.17) is 10.00 Å². The molecule has 0 amide bonds. The molecule has 2 rings (SSSR count). The van der Waals surface area contributed by atoms with Gasteiger partial charge in [-0.05, 0) is 43.0 Å². The van der Waals surface area contributed by atoms with Crippen LogP contribution in [-0.4, -0.2) is 25.7 Å². The number of ether oxygens (including phenoxy) is 1. The fourth-order valence-corrected chi connectivity index (χ4v) is 2.33. The minimum Gasteiger partial charge on any atom is -0.468 e. The fourth-order valence-electron chi connectivity index (χ4n) is 2.33. The molecule has 1 heterocycles. The molecule has 1 aliphatic rings. The Hall–Kier alpha value is -1.86. The van der Waals surface area contributed by atoms with E-state index in [2.05, 4.69) is 11.4 Å². The molecule has 0 bridgehead atoms. The summed E-state index contributed by atoms with van der Waals surface area (Å²) in [5.41, 5.74) is 1.88. The van der Waals surface area contributed by atoms with Gasteiger partial charge in [0.2, 0.25) is 0 Å². The lowest BCUT2D eigenvalue weighted by molar-refractivity contribution is -0.142. The van der Waals surface area contributed by atoms with Crippen LogP contribution in [0.1, 0.15) is 17.5 Å². The number of carbonyl (C=O) groups is 1. The molecular weight excluding hydrogens is 228 g/mol. The molecular formula is C14H16N2O2. The molecule has 1 aromatic carbocycles. The van der Waals surface area contributed by atoms with Crippen LogP contribution in [0.25, 0.3) is 0 Å². The third kappa shape index (κ3) is 2.88. The molecule has 94 valence electrons. The maximum atomic E-state index is 11.4. The lowest BCUT2D eigenvalue weighted by atomic mass is 9.96. The molecule has 4 nitrogen and oxygen atoms in total. The van der Waals surface area contributed by atoms with Gasteiger partial charge in [0.1, 0.15) is 6.04 Å². The summed E-state index contributed by atoms with van der Waals surface area (Å²) in [5, 5.41) is 11.9. The van der Waals surface area contributed by atoms with E-state index in [0.717, 1.165) is 19.4 Å². The Kier molecular flexibility index (Phi) is 3.96. The van der Waals surface area contributed by atoms with Crippen molar-refractivity contribution < 1.29 is 9.53 Å². The molecule has 1 fully saturated rings. The lowest BCUT2D eigenvalue weighted by Crippen LogP contribution is -2.31. The molecule has 1 N–H and O–H groups in total. The summed E-state index contributed by atoms with van der Waals surface area (Å²) in [6.45, 7) is 0.833. The van der Waals surface area contributed by atoms with E-state index in [1.165, 1.54) is 12.7 Å². The Morgan fingerprint density at radius 3 is 2.83 bits per heavy atom. The van der Waals surface area contributed by atoms with Gasteiger partial charge in [-0.25, -0.2) is 0 Å². The van der Waals surface area contributed by atoms with Crippen LogP contribution in [0, 0.1) is 17.2 Å². The van der Waals surface area contributed by atoms with Crippen molar-refractivity contribution in [1.82, 2.24) is 5.32 Å². The highest BCUT2D eigenvalue weighted by Crippen LogP contribution is 2.20. The van der Waals surface area contributed by atoms with Crippen molar-refractivity contribution in [3.63, 3.8) is 0 Å². The zero-order valence-corrected chi connectivity index (χ0v) is 10.3. The topological polar surface area (TPSA) is 62.1 Å². The first-order chi connectivity index (χ1) is 8.72. The first-order valence-electron chi connectivity index (χ1n) is 6.03. The van der Waals surface area contributed by atoms with Crippen molar-refractivity contribution in [2.24, 2.45) is 5.92 Å². The lowest BCUT2D eigenvalue weighted by Gasteiger charge is -2.09. The van der Waals surface area contributed by atoms with Gasteiger partial charge in [0, 0.05) is 0 Å². The monoisotopic (exact) mass is 244 g/mol. The van der Waals surface area contributed by atoms with Gasteiger partial charge < -0.3 is 10.1 Å². The van der Waals surface area contributed by atoms with Crippen molar-refractivity contribution in [2.75, 3.05) is 13.7 Å². The number of nitriles is 1. The number of esters is 1. The Balaban J connectivity index is 1.91. The minimum absolute atomic E-state index is 0.168. The second-order valence-electron chi connectivity index (χ2n) is 4.60. The summed E-state index contributed by atoms with van der Waals surface area (Å²) in [5.74, 6) is 0.263. The van der Waals surface area contributed by atoms with E-state index in [1.807, 2.05) is 24.3 Å². The molecule has 0 aliphatic carbocycles.